The summed E-state index contributed by atoms with van der Waals surface area (Å²) in [5.74, 6) is -0.0739. The van der Waals surface area contributed by atoms with E-state index in [1.807, 2.05) is 45.0 Å². The number of hydrogen-bond donors (Lipinski definition) is 2. The van der Waals surface area contributed by atoms with E-state index < -0.39 is 23.8 Å². The van der Waals surface area contributed by atoms with Crippen molar-refractivity contribution in [1.29, 1.82) is 0 Å². The second-order valence-electron chi connectivity index (χ2n) is 11.4. The number of carbonyl (C=O) groups is 3. The number of nitrogens with one attached hydrogen (secondary N) is 2. The van der Waals surface area contributed by atoms with E-state index in [0.29, 0.717) is 5.92 Å². The SMILES string of the molecule is CCCC(C)NC(=O)C(c1cccc(C)c1)N(C(=O)C(C)NC(=O)OC(C)(C)C)C(C)CCC(C)C. The highest BCUT2D eigenvalue weighted by Crippen LogP contribution is 2.28. The molecule has 1 aromatic rings. The van der Waals surface area contributed by atoms with E-state index in [4.69, 9.17) is 4.74 Å². The predicted molar refractivity (Wildman–Crippen MR) is 146 cm³/mol. The minimum atomic E-state index is -0.866. The van der Waals surface area contributed by atoms with Crippen LogP contribution in [0.2, 0.25) is 0 Å². The Morgan fingerprint density at radius 2 is 1.61 bits per heavy atom. The van der Waals surface area contributed by atoms with Crippen molar-refractivity contribution in [3.8, 4) is 0 Å². The lowest BCUT2D eigenvalue weighted by Gasteiger charge is -2.38. The number of rotatable bonds is 12. The van der Waals surface area contributed by atoms with Crippen molar-refractivity contribution in [2.45, 2.75) is 125 Å². The molecule has 0 aromatic heterocycles. The summed E-state index contributed by atoms with van der Waals surface area (Å²) in [6.07, 6.45) is 2.78. The van der Waals surface area contributed by atoms with Crippen molar-refractivity contribution >= 4 is 17.9 Å². The standard InChI is InChI=1S/C29H49N3O4/c1-11-13-21(5)30-26(33)25(24-15-12-14-20(4)18-24)32(22(6)17-16-19(2)3)27(34)23(7)31-28(35)36-29(8,9)10/h12,14-15,18-19,21-23,25H,11,13,16-17H2,1-10H3,(H,30,33)(H,31,35). The Kier molecular flexibility index (Phi) is 12.4. The molecule has 0 heterocycles. The maximum absolute atomic E-state index is 13.9. The third-order valence-electron chi connectivity index (χ3n) is 5.99. The van der Waals surface area contributed by atoms with Crippen molar-refractivity contribution in [3.63, 3.8) is 0 Å². The molecule has 204 valence electrons. The molecular formula is C29H49N3O4. The predicted octanol–water partition coefficient (Wildman–Crippen LogP) is 5.91. The Morgan fingerprint density at radius 3 is 2.14 bits per heavy atom. The molecule has 0 radical (unpaired) electrons. The van der Waals surface area contributed by atoms with Crippen LogP contribution in [0.4, 0.5) is 4.79 Å². The van der Waals surface area contributed by atoms with Gasteiger partial charge in [0.05, 0.1) is 0 Å². The van der Waals surface area contributed by atoms with Gasteiger partial charge in [0.2, 0.25) is 11.8 Å². The third-order valence-corrected chi connectivity index (χ3v) is 5.99. The molecule has 36 heavy (non-hydrogen) atoms. The zero-order chi connectivity index (χ0) is 27.6. The lowest BCUT2D eigenvalue weighted by Crippen LogP contribution is -2.55. The van der Waals surface area contributed by atoms with Crippen LogP contribution in [-0.4, -0.2) is 46.5 Å². The van der Waals surface area contributed by atoms with E-state index >= 15 is 0 Å². The first-order chi connectivity index (χ1) is 16.7. The molecule has 3 amide bonds. The Labute approximate surface area is 218 Å². The highest BCUT2D eigenvalue weighted by atomic mass is 16.6. The first-order valence-corrected chi connectivity index (χ1v) is 13.3. The number of amides is 3. The second kappa shape index (κ2) is 14.2. The topological polar surface area (TPSA) is 87.7 Å². The molecular weight excluding hydrogens is 454 g/mol. The molecule has 0 spiro atoms. The Hall–Kier alpha value is -2.57. The van der Waals surface area contributed by atoms with Crippen LogP contribution in [0.25, 0.3) is 0 Å². The summed E-state index contributed by atoms with van der Waals surface area (Å²) in [6, 6.07) is 5.80. The molecule has 0 aliphatic rings. The third kappa shape index (κ3) is 10.6. The number of ether oxygens (including phenoxy) is 1. The summed E-state index contributed by atoms with van der Waals surface area (Å²) in [5, 5.41) is 5.79. The Balaban J connectivity index is 3.45. The number of hydrogen-bond acceptors (Lipinski definition) is 4. The fraction of sp³-hybridized carbons (Fsp3) is 0.690. The lowest BCUT2D eigenvalue weighted by atomic mass is 9.96. The molecule has 4 unspecified atom stereocenters. The van der Waals surface area contributed by atoms with Gasteiger partial charge in [-0.05, 0) is 79.2 Å². The van der Waals surface area contributed by atoms with Gasteiger partial charge in [0, 0.05) is 12.1 Å². The van der Waals surface area contributed by atoms with E-state index in [1.165, 1.54) is 0 Å². The van der Waals surface area contributed by atoms with Gasteiger partial charge in [-0.3, -0.25) is 9.59 Å². The summed E-state index contributed by atoms with van der Waals surface area (Å²) in [4.78, 5) is 41.8. The molecule has 0 aliphatic heterocycles. The summed E-state index contributed by atoms with van der Waals surface area (Å²) >= 11 is 0. The molecule has 0 bridgehead atoms. The van der Waals surface area contributed by atoms with E-state index in [1.54, 1.807) is 32.6 Å². The van der Waals surface area contributed by atoms with Crippen LogP contribution in [0.15, 0.2) is 24.3 Å². The first-order valence-electron chi connectivity index (χ1n) is 13.3. The quantitative estimate of drug-likeness (QED) is 0.371. The Morgan fingerprint density at radius 1 is 0.972 bits per heavy atom. The smallest absolute Gasteiger partial charge is 0.408 e. The van der Waals surface area contributed by atoms with E-state index in [-0.39, 0.29) is 23.9 Å². The number of alkyl carbamates (subject to hydrolysis) is 1. The average Bonchev–Trinajstić information content (AvgIpc) is 2.73. The number of aryl methyl sites for hydroxylation is 1. The monoisotopic (exact) mass is 503 g/mol. The summed E-state index contributed by atoms with van der Waals surface area (Å²) in [6.45, 7) is 19.2. The van der Waals surface area contributed by atoms with Crippen LogP contribution in [0.3, 0.4) is 0 Å². The maximum Gasteiger partial charge on any atom is 0.408 e. The van der Waals surface area contributed by atoms with Crippen molar-refractivity contribution in [3.05, 3.63) is 35.4 Å². The van der Waals surface area contributed by atoms with Gasteiger partial charge in [-0.15, -0.1) is 0 Å². The summed E-state index contributed by atoms with van der Waals surface area (Å²) in [7, 11) is 0. The van der Waals surface area contributed by atoms with Crippen molar-refractivity contribution in [2.24, 2.45) is 5.92 Å². The van der Waals surface area contributed by atoms with Crippen molar-refractivity contribution in [1.82, 2.24) is 15.5 Å². The van der Waals surface area contributed by atoms with Crippen LogP contribution in [0.5, 0.6) is 0 Å². The second-order valence-corrected chi connectivity index (χ2v) is 11.4. The van der Waals surface area contributed by atoms with E-state index in [9.17, 15) is 14.4 Å². The van der Waals surface area contributed by atoms with Crippen molar-refractivity contribution in [2.75, 3.05) is 0 Å². The van der Waals surface area contributed by atoms with Crippen LogP contribution < -0.4 is 10.6 Å². The van der Waals surface area contributed by atoms with Gasteiger partial charge in [-0.2, -0.15) is 0 Å². The highest BCUT2D eigenvalue weighted by Gasteiger charge is 2.37. The molecule has 4 atom stereocenters. The van der Waals surface area contributed by atoms with E-state index in [0.717, 1.165) is 36.8 Å². The molecule has 7 nitrogen and oxygen atoms in total. The van der Waals surface area contributed by atoms with Gasteiger partial charge in [-0.1, -0.05) is 57.0 Å². The van der Waals surface area contributed by atoms with Gasteiger partial charge in [0.25, 0.3) is 0 Å². The number of carbonyl (C=O) groups excluding carboxylic acids is 3. The molecule has 0 fully saturated rings. The fourth-order valence-electron chi connectivity index (χ4n) is 4.19. The molecule has 0 aliphatic carbocycles. The zero-order valence-electron chi connectivity index (χ0n) is 24.1. The van der Waals surface area contributed by atoms with Crippen LogP contribution in [0, 0.1) is 12.8 Å². The van der Waals surface area contributed by atoms with Crippen LogP contribution >= 0.6 is 0 Å². The van der Waals surface area contributed by atoms with Gasteiger partial charge < -0.3 is 20.3 Å². The number of benzene rings is 1. The van der Waals surface area contributed by atoms with Crippen LogP contribution in [-0.2, 0) is 14.3 Å². The molecule has 0 saturated heterocycles. The minimum absolute atomic E-state index is 0.0185. The van der Waals surface area contributed by atoms with Gasteiger partial charge in [-0.25, -0.2) is 4.79 Å². The molecule has 7 heteroatoms. The Bertz CT molecular complexity index is 862. The highest BCUT2D eigenvalue weighted by molar-refractivity contribution is 5.92. The fourth-order valence-corrected chi connectivity index (χ4v) is 4.19. The largest absolute Gasteiger partial charge is 0.444 e. The lowest BCUT2D eigenvalue weighted by molar-refractivity contribution is -0.145. The van der Waals surface area contributed by atoms with Gasteiger partial charge >= 0.3 is 6.09 Å². The minimum Gasteiger partial charge on any atom is -0.444 e. The molecule has 1 rings (SSSR count). The van der Waals surface area contributed by atoms with Crippen molar-refractivity contribution < 1.29 is 19.1 Å². The number of nitrogens with zero attached hydrogens (tertiary/aromatic N) is 1. The summed E-state index contributed by atoms with van der Waals surface area (Å²) < 4.78 is 5.37. The maximum atomic E-state index is 13.9. The van der Waals surface area contributed by atoms with Gasteiger partial charge in [0.1, 0.15) is 17.7 Å². The molecule has 1 aromatic carbocycles. The molecule has 2 N–H and O–H groups in total. The van der Waals surface area contributed by atoms with E-state index in [2.05, 4.69) is 31.4 Å². The van der Waals surface area contributed by atoms with Gasteiger partial charge in [0.15, 0.2) is 0 Å². The van der Waals surface area contributed by atoms with Crippen LogP contribution in [0.1, 0.15) is 105 Å². The first kappa shape index (κ1) is 31.5. The normalized spacial score (nSPS) is 15.0. The zero-order valence-corrected chi connectivity index (χ0v) is 24.1. The molecule has 0 saturated carbocycles. The summed E-state index contributed by atoms with van der Waals surface area (Å²) in [5.41, 5.74) is 1.08. The average molecular weight is 504 g/mol.